The number of carbonyl (C=O) groups is 5. The molecule has 17 nitrogen and oxygen atoms in total. The van der Waals surface area contributed by atoms with Gasteiger partial charge in [0.25, 0.3) is 5.91 Å². The van der Waals surface area contributed by atoms with Crippen molar-refractivity contribution < 1.29 is 33.5 Å². The molecule has 0 saturated carbocycles. The third-order valence-corrected chi connectivity index (χ3v) is 14.3. The van der Waals surface area contributed by atoms with E-state index in [2.05, 4.69) is 31.2 Å². The number of nitrogens with zero attached hydrogens (tertiary/aromatic N) is 6. The van der Waals surface area contributed by atoms with Crippen molar-refractivity contribution in [1.29, 1.82) is 0 Å². The largest absolute Gasteiger partial charge is 0.454 e. The number of amides is 5. The van der Waals surface area contributed by atoms with Crippen LogP contribution in [0.1, 0.15) is 74.5 Å². The summed E-state index contributed by atoms with van der Waals surface area (Å²) in [5, 5.41) is 28.4. The fourth-order valence-electron chi connectivity index (χ4n) is 9.39. The first-order chi connectivity index (χ1) is 34.7. The number of imidazole rings is 1. The maximum absolute atomic E-state index is 14.1. The Labute approximate surface area is 421 Å². The van der Waals surface area contributed by atoms with Gasteiger partial charge in [0.15, 0.2) is 11.4 Å². The number of nitrogens with one attached hydrogen (secondary N) is 4. The number of carbonyl (C=O) groups excluding carboxylic acids is 5. The van der Waals surface area contributed by atoms with Gasteiger partial charge in [-0.3, -0.25) is 24.0 Å². The maximum atomic E-state index is 14.1. The molecule has 0 spiro atoms. The quantitative estimate of drug-likeness (QED) is 0.0693. The molecule has 0 aliphatic carbocycles. The minimum atomic E-state index is -0.959. The van der Waals surface area contributed by atoms with Crippen molar-refractivity contribution in [2.75, 3.05) is 32.7 Å². The van der Waals surface area contributed by atoms with Crippen molar-refractivity contribution in [3.05, 3.63) is 120 Å². The number of rotatable bonds is 16. The number of fused-ring (bicyclic) bond motifs is 2. The molecule has 3 aromatic carbocycles. The summed E-state index contributed by atoms with van der Waals surface area (Å²) in [5.41, 5.74) is 8.32. The molecule has 7 aromatic rings. The van der Waals surface area contributed by atoms with Crippen LogP contribution in [0.3, 0.4) is 0 Å². The molecule has 0 unspecified atom stereocenters. The molecule has 5 N–H and O–H groups in total. The standard InChI is InChI=1S/C54H60N10O7S/c1-33-49(72-32-59-33)36-15-13-34(14-16-36)27-58-51(68)42-26-40(65)31-63(42)53(70)50(54(2,3)4)60-47(66)12-7-23-55-48(67)29-56-39-10-8-24-62(30-39)52(69)37-19-17-35(18-20-37)41-21-22-46-57-28-43(64(46)61-41)45-25-38-9-5-6-11-44(38)71-45/h5-6,9,11,13-22,25,28,32,39-40,42,50,56,65H,7-8,10,12,23-24,26-27,29-31H2,1-4H3,(H,55,67)(H,58,68)(H,60,66)/t39-,40+,42-,50+/m0/s1. The number of benzene rings is 3. The highest BCUT2D eigenvalue weighted by atomic mass is 32.1. The number of β-amino-alcohol motifs (C(OH)–C–C–N with tert-alkyl or cyclic N) is 1. The average Bonchev–Trinajstić information content (AvgIpc) is 4.21. The van der Waals surface area contributed by atoms with E-state index in [1.54, 1.807) is 22.0 Å². The fourth-order valence-corrected chi connectivity index (χ4v) is 10.2. The van der Waals surface area contributed by atoms with E-state index < -0.39 is 29.5 Å². The molecule has 2 aliphatic rings. The molecule has 6 heterocycles. The van der Waals surface area contributed by atoms with Crippen LogP contribution >= 0.6 is 11.3 Å². The Morgan fingerprint density at radius 1 is 0.903 bits per heavy atom. The monoisotopic (exact) mass is 992 g/mol. The Hall–Kier alpha value is -7.28. The van der Waals surface area contributed by atoms with E-state index >= 15 is 0 Å². The first kappa shape index (κ1) is 49.7. The number of thiazole rings is 1. The smallest absolute Gasteiger partial charge is 0.253 e. The van der Waals surface area contributed by atoms with Crippen LogP contribution in [0.15, 0.2) is 107 Å². The Bertz CT molecular complexity index is 3050. The molecule has 4 atom stereocenters. The van der Waals surface area contributed by atoms with Crippen molar-refractivity contribution in [3.63, 3.8) is 0 Å². The molecule has 72 heavy (non-hydrogen) atoms. The number of likely N-dealkylation sites (tertiary alicyclic amines) is 2. The van der Waals surface area contributed by atoms with Gasteiger partial charge in [-0.05, 0) is 79.1 Å². The number of para-hydroxylation sites is 1. The SMILES string of the molecule is Cc1ncsc1-c1ccc(CNC(=O)[C@@H]2C[C@@H](O)CN2C(=O)[C@@H](NC(=O)CCCNC(=O)CN[C@H]2CCCN(C(=O)c3ccc(-c4ccc5ncc(-c6cc7ccccc7o6)n5n4)cc3)C2)C(C)(C)C)cc1. The van der Waals surface area contributed by atoms with Crippen LogP contribution in [0.4, 0.5) is 0 Å². The third-order valence-electron chi connectivity index (χ3n) is 13.3. The Kier molecular flexibility index (Phi) is 14.9. The van der Waals surface area contributed by atoms with Gasteiger partial charge in [-0.25, -0.2) is 14.5 Å². The molecular formula is C54H60N10O7S. The number of aliphatic hydroxyl groups excluding tert-OH is 1. The number of piperidine rings is 1. The highest BCUT2D eigenvalue weighted by Crippen LogP contribution is 2.31. The van der Waals surface area contributed by atoms with E-state index in [4.69, 9.17) is 9.52 Å². The van der Waals surface area contributed by atoms with Gasteiger partial charge in [0, 0.05) is 68.1 Å². The lowest BCUT2D eigenvalue weighted by molar-refractivity contribution is -0.144. The topological polar surface area (TPSA) is 216 Å². The summed E-state index contributed by atoms with van der Waals surface area (Å²) < 4.78 is 7.85. The van der Waals surface area contributed by atoms with Gasteiger partial charge in [0.2, 0.25) is 23.6 Å². The van der Waals surface area contributed by atoms with Crippen LogP contribution in [-0.4, -0.2) is 121 Å². The van der Waals surface area contributed by atoms with Gasteiger partial charge in [-0.1, -0.05) is 75.4 Å². The molecule has 2 aliphatic heterocycles. The van der Waals surface area contributed by atoms with E-state index in [1.165, 1.54) is 4.90 Å². The molecule has 2 fully saturated rings. The lowest BCUT2D eigenvalue weighted by Gasteiger charge is -2.35. The van der Waals surface area contributed by atoms with E-state index in [-0.39, 0.29) is 68.7 Å². The van der Waals surface area contributed by atoms with Crippen LogP contribution in [0.25, 0.3) is 49.8 Å². The number of aromatic nitrogens is 4. The van der Waals surface area contributed by atoms with Gasteiger partial charge in [-0.15, -0.1) is 11.3 Å². The lowest BCUT2D eigenvalue weighted by atomic mass is 9.85. The number of hydrogen-bond acceptors (Lipinski definition) is 12. The predicted octanol–water partition coefficient (Wildman–Crippen LogP) is 6.14. The van der Waals surface area contributed by atoms with Gasteiger partial charge in [-0.2, -0.15) is 5.10 Å². The number of aryl methyl sites for hydroxylation is 1. The van der Waals surface area contributed by atoms with Crippen LogP contribution in [0.2, 0.25) is 0 Å². The van der Waals surface area contributed by atoms with Crippen LogP contribution in [0.5, 0.6) is 0 Å². The molecular weight excluding hydrogens is 933 g/mol. The fraction of sp³-hybridized carbons (Fsp3) is 0.370. The van der Waals surface area contributed by atoms with E-state index in [0.717, 1.165) is 62.5 Å². The van der Waals surface area contributed by atoms with Crippen molar-refractivity contribution >= 4 is 57.5 Å². The summed E-state index contributed by atoms with van der Waals surface area (Å²) in [7, 11) is 0. The van der Waals surface area contributed by atoms with Crippen LogP contribution < -0.4 is 21.3 Å². The Morgan fingerprint density at radius 3 is 2.43 bits per heavy atom. The molecule has 374 valence electrons. The molecule has 9 rings (SSSR count). The van der Waals surface area contributed by atoms with Crippen molar-refractivity contribution in [1.82, 2.24) is 50.6 Å². The molecule has 0 bridgehead atoms. The molecule has 2 saturated heterocycles. The number of furan rings is 1. The van der Waals surface area contributed by atoms with E-state index in [9.17, 15) is 29.1 Å². The third kappa shape index (κ3) is 11.4. The van der Waals surface area contributed by atoms with E-state index in [1.807, 2.05) is 129 Å². The van der Waals surface area contributed by atoms with Crippen LogP contribution in [0, 0.1) is 12.3 Å². The van der Waals surface area contributed by atoms with Crippen molar-refractivity contribution in [2.45, 2.75) is 90.6 Å². The summed E-state index contributed by atoms with van der Waals surface area (Å²) in [6, 6.07) is 26.9. The van der Waals surface area contributed by atoms with Crippen molar-refractivity contribution in [2.24, 2.45) is 5.41 Å². The highest BCUT2D eigenvalue weighted by molar-refractivity contribution is 7.13. The van der Waals surface area contributed by atoms with Gasteiger partial charge in [0.1, 0.15) is 23.4 Å². The van der Waals surface area contributed by atoms with Gasteiger partial charge in [0.05, 0.1) is 40.6 Å². The van der Waals surface area contributed by atoms with Crippen LogP contribution in [-0.2, 0) is 25.7 Å². The zero-order chi connectivity index (χ0) is 50.5. The molecule has 4 aromatic heterocycles. The van der Waals surface area contributed by atoms with Gasteiger partial charge < -0.3 is 40.6 Å². The summed E-state index contributed by atoms with van der Waals surface area (Å²) in [5.74, 6) is -0.833. The molecule has 5 amide bonds. The minimum Gasteiger partial charge on any atom is -0.454 e. The summed E-state index contributed by atoms with van der Waals surface area (Å²) in [6.07, 6.45) is 2.95. The zero-order valence-electron chi connectivity index (χ0n) is 40.9. The lowest BCUT2D eigenvalue weighted by Crippen LogP contribution is -2.57. The van der Waals surface area contributed by atoms with Crippen molar-refractivity contribution in [3.8, 4) is 33.2 Å². The maximum Gasteiger partial charge on any atom is 0.253 e. The first-order valence-corrected chi connectivity index (χ1v) is 25.3. The number of hydrogen-bond donors (Lipinski definition) is 5. The minimum absolute atomic E-state index is 0.0244. The summed E-state index contributed by atoms with van der Waals surface area (Å²) >= 11 is 1.57. The predicted molar refractivity (Wildman–Crippen MR) is 274 cm³/mol. The Balaban J connectivity index is 0.704. The first-order valence-electron chi connectivity index (χ1n) is 24.5. The average molecular weight is 993 g/mol. The second-order valence-electron chi connectivity index (χ2n) is 19.7. The number of aliphatic hydroxyl groups is 1. The Morgan fingerprint density at radius 2 is 1.68 bits per heavy atom. The molecule has 0 radical (unpaired) electrons. The summed E-state index contributed by atoms with van der Waals surface area (Å²) in [6.45, 7) is 9.06. The summed E-state index contributed by atoms with van der Waals surface area (Å²) in [4.78, 5) is 80.5. The normalized spacial score (nSPS) is 17.5. The van der Waals surface area contributed by atoms with E-state index in [0.29, 0.717) is 36.5 Å². The van der Waals surface area contributed by atoms with Gasteiger partial charge >= 0.3 is 0 Å². The second-order valence-corrected chi connectivity index (χ2v) is 20.6. The highest BCUT2D eigenvalue weighted by Gasteiger charge is 2.44. The zero-order valence-corrected chi connectivity index (χ0v) is 41.7. The molecule has 18 heteroatoms. The second kappa shape index (κ2) is 21.6.